The predicted octanol–water partition coefficient (Wildman–Crippen LogP) is 1.74. The van der Waals surface area contributed by atoms with Crippen LogP contribution in [0.4, 0.5) is 5.69 Å². The molecule has 1 aromatic heterocycles. The van der Waals surface area contributed by atoms with Crippen LogP contribution in [0.5, 0.6) is 0 Å². The largest absolute Gasteiger partial charge is 0.369 e. The van der Waals surface area contributed by atoms with E-state index in [9.17, 15) is 0 Å². The van der Waals surface area contributed by atoms with Crippen LogP contribution in [0, 0.1) is 0 Å². The Morgan fingerprint density at radius 2 is 2.50 bits per heavy atom. The first kappa shape index (κ1) is 11.7. The van der Waals surface area contributed by atoms with Crippen LogP contribution in [0.25, 0.3) is 0 Å². The topological polar surface area (TPSA) is 28.2 Å². The van der Waals surface area contributed by atoms with Crippen molar-refractivity contribution in [3.63, 3.8) is 0 Å². The molecule has 2 rings (SSSR count). The van der Waals surface area contributed by atoms with Crippen LogP contribution in [0.15, 0.2) is 18.5 Å². The van der Waals surface area contributed by atoms with Crippen LogP contribution in [-0.4, -0.2) is 36.1 Å². The monoisotopic (exact) mass is 237 g/mol. The molecule has 0 radical (unpaired) electrons. The summed E-state index contributed by atoms with van der Waals surface area (Å²) < 4.78 is 0. The van der Waals surface area contributed by atoms with Crippen LogP contribution >= 0.6 is 11.8 Å². The summed E-state index contributed by atoms with van der Waals surface area (Å²) in [5, 5.41) is 3.93. The number of hydrogen-bond donors (Lipinski definition) is 1. The summed E-state index contributed by atoms with van der Waals surface area (Å²) >= 11 is 2.06. The molecular weight excluding hydrogens is 218 g/mol. The van der Waals surface area contributed by atoms with Gasteiger partial charge in [-0.25, -0.2) is 0 Å². The van der Waals surface area contributed by atoms with E-state index in [0.29, 0.717) is 0 Å². The number of hydrogen-bond acceptors (Lipinski definition) is 4. The van der Waals surface area contributed by atoms with Crippen molar-refractivity contribution in [1.82, 2.24) is 10.3 Å². The van der Waals surface area contributed by atoms with Crippen molar-refractivity contribution in [3.8, 4) is 0 Å². The van der Waals surface area contributed by atoms with E-state index in [1.807, 2.05) is 19.4 Å². The van der Waals surface area contributed by atoms with E-state index in [-0.39, 0.29) is 0 Å². The molecule has 1 aromatic rings. The lowest BCUT2D eigenvalue weighted by molar-refractivity contribution is 0.758. The highest BCUT2D eigenvalue weighted by atomic mass is 32.2. The molecule has 1 fully saturated rings. The average molecular weight is 237 g/mol. The molecule has 0 bridgehead atoms. The molecule has 0 aliphatic carbocycles. The van der Waals surface area contributed by atoms with Crippen molar-refractivity contribution in [2.24, 2.45) is 0 Å². The predicted molar refractivity (Wildman–Crippen MR) is 71.1 cm³/mol. The number of nitrogens with one attached hydrogen (secondary N) is 1. The minimum Gasteiger partial charge on any atom is -0.369 e. The van der Waals surface area contributed by atoms with E-state index in [4.69, 9.17) is 0 Å². The summed E-state index contributed by atoms with van der Waals surface area (Å²) in [7, 11) is 1.98. The van der Waals surface area contributed by atoms with Crippen LogP contribution in [0.3, 0.4) is 0 Å². The molecule has 88 valence electrons. The Labute approximate surface area is 102 Å². The van der Waals surface area contributed by atoms with Crippen LogP contribution < -0.4 is 10.2 Å². The zero-order chi connectivity index (χ0) is 11.4. The van der Waals surface area contributed by atoms with E-state index < -0.39 is 0 Å². The Balaban J connectivity index is 2.17. The van der Waals surface area contributed by atoms with Gasteiger partial charge in [-0.15, -0.1) is 0 Å². The molecule has 4 heteroatoms. The normalized spacial score (nSPS) is 21.1. The van der Waals surface area contributed by atoms with Gasteiger partial charge in [-0.05, 0) is 13.1 Å². The van der Waals surface area contributed by atoms with Crippen molar-refractivity contribution in [2.75, 3.05) is 30.8 Å². The Hall–Kier alpha value is -0.740. The third kappa shape index (κ3) is 2.68. The summed E-state index contributed by atoms with van der Waals surface area (Å²) in [6.45, 7) is 5.48. The van der Waals surface area contributed by atoms with Crippen molar-refractivity contribution in [2.45, 2.75) is 18.7 Å². The van der Waals surface area contributed by atoms with Crippen LogP contribution in [0.1, 0.15) is 12.5 Å². The number of thioether (sulfide) groups is 1. The van der Waals surface area contributed by atoms with Crippen molar-refractivity contribution in [3.05, 3.63) is 24.0 Å². The van der Waals surface area contributed by atoms with Crippen LogP contribution in [-0.2, 0) is 6.54 Å². The smallest absolute Gasteiger partial charge is 0.0443 e. The Bertz CT molecular complexity index is 343. The SMILES string of the molecule is CNCc1cnccc1N1CCSC(C)C1. The Morgan fingerprint density at radius 3 is 3.25 bits per heavy atom. The van der Waals surface area contributed by atoms with E-state index in [2.05, 4.69) is 40.0 Å². The minimum atomic E-state index is 0.726. The Kier molecular flexibility index (Phi) is 4.07. The highest BCUT2D eigenvalue weighted by Crippen LogP contribution is 2.26. The summed E-state index contributed by atoms with van der Waals surface area (Å²) in [5.41, 5.74) is 2.64. The molecule has 1 unspecified atom stereocenters. The molecule has 0 aromatic carbocycles. The fourth-order valence-corrected chi connectivity index (χ4v) is 3.11. The van der Waals surface area contributed by atoms with Gasteiger partial charge in [0, 0.05) is 54.3 Å². The second kappa shape index (κ2) is 5.55. The lowest BCUT2D eigenvalue weighted by atomic mass is 10.2. The molecule has 1 aliphatic rings. The molecule has 0 spiro atoms. The van der Waals surface area contributed by atoms with Gasteiger partial charge in [-0.1, -0.05) is 6.92 Å². The second-order valence-corrected chi connectivity index (χ2v) is 5.71. The first-order valence-corrected chi connectivity index (χ1v) is 6.80. The lowest BCUT2D eigenvalue weighted by Gasteiger charge is -2.33. The first-order valence-electron chi connectivity index (χ1n) is 5.75. The van der Waals surface area contributed by atoms with Gasteiger partial charge < -0.3 is 10.2 Å². The van der Waals surface area contributed by atoms with E-state index in [0.717, 1.165) is 24.9 Å². The lowest BCUT2D eigenvalue weighted by Crippen LogP contribution is -2.37. The van der Waals surface area contributed by atoms with Gasteiger partial charge in [0.25, 0.3) is 0 Å². The zero-order valence-corrected chi connectivity index (χ0v) is 10.8. The maximum absolute atomic E-state index is 4.21. The van der Waals surface area contributed by atoms with Gasteiger partial charge in [0.2, 0.25) is 0 Å². The molecule has 2 heterocycles. The van der Waals surface area contributed by atoms with Gasteiger partial charge >= 0.3 is 0 Å². The summed E-state index contributed by atoms with van der Waals surface area (Å²) in [6, 6.07) is 2.13. The second-order valence-electron chi connectivity index (χ2n) is 4.16. The van der Waals surface area contributed by atoms with Crippen molar-refractivity contribution < 1.29 is 0 Å². The molecule has 0 saturated carbocycles. The zero-order valence-electron chi connectivity index (χ0n) is 9.94. The fraction of sp³-hybridized carbons (Fsp3) is 0.583. The molecular formula is C12H19N3S. The third-order valence-corrected chi connectivity index (χ3v) is 3.96. The number of aromatic nitrogens is 1. The van der Waals surface area contributed by atoms with Gasteiger partial charge in [0.05, 0.1) is 0 Å². The van der Waals surface area contributed by atoms with Gasteiger partial charge in [-0.3, -0.25) is 4.98 Å². The van der Waals surface area contributed by atoms with Gasteiger partial charge in [0.15, 0.2) is 0 Å². The van der Waals surface area contributed by atoms with E-state index >= 15 is 0 Å². The molecule has 1 atom stereocenters. The maximum atomic E-state index is 4.21. The maximum Gasteiger partial charge on any atom is 0.0443 e. The fourth-order valence-electron chi connectivity index (χ4n) is 2.09. The van der Waals surface area contributed by atoms with Crippen LogP contribution in [0.2, 0.25) is 0 Å². The summed E-state index contributed by atoms with van der Waals surface area (Å²) in [4.78, 5) is 6.69. The number of pyridine rings is 1. The molecule has 16 heavy (non-hydrogen) atoms. The number of anilines is 1. The quantitative estimate of drug-likeness (QED) is 0.867. The molecule has 1 saturated heterocycles. The van der Waals surface area contributed by atoms with Crippen molar-refractivity contribution >= 4 is 17.4 Å². The highest BCUT2D eigenvalue weighted by molar-refractivity contribution is 8.00. The summed E-state index contributed by atoms with van der Waals surface area (Å²) in [6.07, 6.45) is 3.86. The molecule has 3 nitrogen and oxygen atoms in total. The average Bonchev–Trinajstić information content (AvgIpc) is 2.30. The summed E-state index contributed by atoms with van der Waals surface area (Å²) in [5.74, 6) is 1.22. The van der Waals surface area contributed by atoms with Crippen molar-refractivity contribution in [1.29, 1.82) is 0 Å². The molecule has 1 aliphatic heterocycles. The molecule has 1 N–H and O–H groups in total. The standard InChI is InChI=1S/C12H19N3S/c1-10-9-15(5-6-16-10)12-3-4-14-8-11(12)7-13-2/h3-4,8,10,13H,5-7,9H2,1-2H3. The van der Waals surface area contributed by atoms with E-state index in [1.54, 1.807) is 0 Å². The number of rotatable bonds is 3. The first-order chi connectivity index (χ1) is 7.81. The molecule has 0 amide bonds. The third-order valence-electron chi connectivity index (χ3n) is 2.83. The number of nitrogens with zero attached hydrogens (tertiary/aromatic N) is 2. The minimum absolute atomic E-state index is 0.726. The Morgan fingerprint density at radius 1 is 1.62 bits per heavy atom. The highest BCUT2D eigenvalue weighted by Gasteiger charge is 2.18. The van der Waals surface area contributed by atoms with Gasteiger partial charge in [-0.2, -0.15) is 11.8 Å². The van der Waals surface area contributed by atoms with E-state index in [1.165, 1.54) is 17.0 Å². The van der Waals surface area contributed by atoms with Gasteiger partial charge in [0.1, 0.15) is 0 Å².